The fourth-order valence-corrected chi connectivity index (χ4v) is 9.92. The van der Waals surface area contributed by atoms with Gasteiger partial charge in [-0.05, 0) is 92.4 Å². The number of benzene rings is 1. The van der Waals surface area contributed by atoms with Crippen molar-refractivity contribution < 1.29 is 28.7 Å². The number of carbonyl (C=O) groups is 4. The lowest BCUT2D eigenvalue weighted by atomic mass is 9.68. The van der Waals surface area contributed by atoms with Gasteiger partial charge in [0.1, 0.15) is 35.1 Å². The number of hydrogen-bond donors (Lipinski definition) is 4. The number of ether oxygens (including phenoxy) is 2. The highest BCUT2D eigenvalue weighted by Crippen LogP contribution is 2.69. The molecule has 310 valence electrons. The van der Waals surface area contributed by atoms with Crippen molar-refractivity contribution >= 4 is 24.0 Å². The van der Waals surface area contributed by atoms with Crippen LogP contribution in [0.15, 0.2) is 24.5 Å². The fourth-order valence-electron chi connectivity index (χ4n) is 9.92. The zero-order chi connectivity index (χ0) is 41.7. The molecule has 2 aromatic heterocycles. The Morgan fingerprint density at radius 1 is 0.712 bits per heavy atom. The topological polar surface area (TPSA) is 178 Å². The number of likely N-dealkylation sites (tertiary alicyclic amines) is 2. The Labute approximate surface area is 344 Å². The maximum absolute atomic E-state index is 13.6. The standard InChI is InChI=1S/C44H53N9O6/c1-24(2)36(49-42(56)58-6)40(54)51-18-8-10-30(51)38-45-22-28(47-38)16-14-26-12-13-27(35-33-21-44(5)20-32(34(26)35)53(33)44)15-17-29-23-46-39(48-29)31-11-9-19-52(31)41(55)37(25(3)4)50-43(57)59-7/h12-13,22-25,30-33,36-37H,8-11,18-21H2,1-7H3,(H,45,47)(H,46,48)(H,49,56)(H,50,57)/t30-,31+,32?,33?,36-,37-,44?/m0/s1. The van der Waals surface area contributed by atoms with Crippen molar-refractivity contribution in [1.82, 2.24) is 45.3 Å². The van der Waals surface area contributed by atoms with Crippen LogP contribution < -0.4 is 10.6 Å². The zero-order valence-corrected chi connectivity index (χ0v) is 34.8. The molecular weight excluding hydrogens is 751 g/mol. The molecule has 3 unspecified atom stereocenters. The number of nitrogens with one attached hydrogen (secondary N) is 4. The molecule has 7 heterocycles. The molecule has 5 aliphatic rings. The lowest BCUT2D eigenvalue weighted by molar-refractivity contribution is -0.177. The largest absolute Gasteiger partial charge is 0.453 e. The maximum atomic E-state index is 13.6. The Balaban J connectivity index is 1.01. The molecule has 4 saturated heterocycles. The summed E-state index contributed by atoms with van der Waals surface area (Å²) in [7, 11) is 2.58. The summed E-state index contributed by atoms with van der Waals surface area (Å²) in [5.41, 5.74) is 6.00. The predicted octanol–water partition coefficient (Wildman–Crippen LogP) is 4.98. The summed E-state index contributed by atoms with van der Waals surface area (Å²) in [4.78, 5) is 73.5. The number of amides is 4. The average molecular weight is 804 g/mol. The molecule has 0 aliphatic carbocycles. The van der Waals surface area contributed by atoms with Gasteiger partial charge in [-0.25, -0.2) is 19.6 Å². The molecule has 5 aliphatic heterocycles. The number of piperidine rings is 1. The van der Waals surface area contributed by atoms with Gasteiger partial charge in [-0.1, -0.05) is 39.5 Å². The zero-order valence-electron chi connectivity index (χ0n) is 34.8. The molecule has 0 spiro atoms. The SMILES string of the molecule is COC(=O)N[C@H](C(=O)N1CCC[C@@H]1c1ncc(C#Cc2ccc(C#Cc3cnc([C@@H]4CCCN4C(=O)[C@@H](NC(=O)OC)C(C)C)[nH]3)c3c2C2CC4(C)CC3N24)[nH]1)C(C)C. The summed E-state index contributed by atoms with van der Waals surface area (Å²) in [5.74, 6) is 14.4. The van der Waals surface area contributed by atoms with E-state index in [-0.39, 0.29) is 41.3 Å². The van der Waals surface area contributed by atoms with Crippen molar-refractivity contribution in [3.05, 3.63) is 69.8 Å². The van der Waals surface area contributed by atoms with E-state index in [1.807, 2.05) is 27.7 Å². The third-order valence-electron chi connectivity index (χ3n) is 12.9. The van der Waals surface area contributed by atoms with Gasteiger partial charge < -0.3 is 39.9 Å². The number of H-pyrrole nitrogens is 2. The van der Waals surface area contributed by atoms with Crippen LogP contribution in [0.5, 0.6) is 0 Å². The van der Waals surface area contributed by atoms with E-state index in [1.54, 1.807) is 22.2 Å². The maximum Gasteiger partial charge on any atom is 0.407 e. The molecule has 15 heteroatoms. The number of alkyl carbamates (subject to hydrolysis) is 2. The van der Waals surface area contributed by atoms with Crippen LogP contribution in [0.3, 0.4) is 0 Å². The minimum Gasteiger partial charge on any atom is -0.453 e. The molecule has 1 aromatic carbocycles. The molecule has 15 nitrogen and oxygen atoms in total. The van der Waals surface area contributed by atoms with E-state index >= 15 is 0 Å². The quantitative estimate of drug-likeness (QED) is 0.229. The summed E-state index contributed by atoms with van der Waals surface area (Å²) >= 11 is 0. The van der Waals surface area contributed by atoms with Crippen molar-refractivity contribution in [2.45, 2.75) is 115 Å². The molecule has 4 N–H and O–H groups in total. The Bertz CT molecular complexity index is 2140. The molecule has 4 fully saturated rings. The van der Waals surface area contributed by atoms with Crippen LogP contribution in [-0.4, -0.2) is 104 Å². The van der Waals surface area contributed by atoms with Gasteiger partial charge in [-0.2, -0.15) is 0 Å². The molecular formula is C44H53N9O6. The Morgan fingerprint density at radius 2 is 1.14 bits per heavy atom. The second-order valence-electron chi connectivity index (χ2n) is 17.3. The lowest BCUT2D eigenvalue weighted by Gasteiger charge is -2.65. The van der Waals surface area contributed by atoms with Gasteiger partial charge in [0.15, 0.2) is 0 Å². The number of hydrogen-bond acceptors (Lipinski definition) is 9. The van der Waals surface area contributed by atoms with Crippen LogP contribution in [-0.2, 0) is 19.1 Å². The van der Waals surface area contributed by atoms with E-state index in [0.29, 0.717) is 48.2 Å². The van der Waals surface area contributed by atoms with Crippen molar-refractivity contribution in [3.63, 3.8) is 0 Å². The number of aromatic nitrogens is 4. The van der Waals surface area contributed by atoms with Crippen molar-refractivity contribution in [2.75, 3.05) is 27.3 Å². The van der Waals surface area contributed by atoms with Gasteiger partial charge in [0.05, 0.1) is 38.7 Å². The molecule has 0 radical (unpaired) electrons. The Hall–Kier alpha value is -5.80. The second kappa shape index (κ2) is 15.8. The van der Waals surface area contributed by atoms with E-state index in [1.165, 1.54) is 25.3 Å². The molecule has 8 rings (SSSR count). The first-order valence-corrected chi connectivity index (χ1v) is 20.7. The minimum atomic E-state index is -0.703. The van der Waals surface area contributed by atoms with Crippen molar-refractivity contribution in [2.24, 2.45) is 11.8 Å². The summed E-state index contributed by atoms with van der Waals surface area (Å²) in [6.45, 7) is 11.1. The van der Waals surface area contributed by atoms with E-state index in [0.717, 1.165) is 49.7 Å². The van der Waals surface area contributed by atoms with Gasteiger partial charge >= 0.3 is 12.2 Å². The van der Waals surface area contributed by atoms with Crippen LogP contribution in [0.1, 0.15) is 143 Å². The average Bonchev–Trinajstić information content (AvgIpc) is 4.06. The molecule has 0 bridgehead atoms. The van der Waals surface area contributed by atoms with E-state index in [9.17, 15) is 19.2 Å². The highest BCUT2D eigenvalue weighted by molar-refractivity contribution is 5.87. The molecule has 3 aromatic rings. The van der Waals surface area contributed by atoms with Crippen LogP contribution in [0.4, 0.5) is 9.59 Å². The van der Waals surface area contributed by atoms with Crippen molar-refractivity contribution in [1.29, 1.82) is 0 Å². The first-order valence-electron chi connectivity index (χ1n) is 20.7. The van der Waals surface area contributed by atoms with E-state index in [4.69, 9.17) is 9.47 Å². The summed E-state index contributed by atoms with van der Waals surface area (Å²) in [6.07, 6.45) is 7.54. The molecule has 59 heavy (non-hydrogen) atoms. The fraction of sp³-hybridized carbons (Fsp3) is 0.545. The molecule has 0 saturated carbocycles. The van der Waals surface area contributed by atoms with Gasteiger partial charge in [0, 0.05) is 41.8 Å². The van der Waals surface area contributed by atoms with Crippen LogP contribution in [0.2, 0.25) is 0 Å². The first-order chi connectivity index (χ1) is 28.3. The Kier molecular flexibility index (Phi) is 10.7. The Morgan fingerprint density at radius 3 is 1.51 bits per heavy atom. The number of fused-ring (bicyclic) bond motifs is 3. The number of nitrogens with zero attached hydrogens (tertiary/aromatic N) is 5. The van der Waals surface area contributed by atoms with Crippen molar-refractivity contribution in [3.8, 4) is 23.7 Å². The first kappa shape index (κ1) is 40.0. The highest BCUT2D eigenvalue weighted by Gasteiger charge is 2.66. The van der Waals surface area contributed by atoms with E-state index in [2.05, 4.69) is 78.2 Å². The smallest absolute Gasteiger partial charge is 0.407 e. The summed E-state index contributed by atoms with van der Waals surface area (Å²) < 4.78 is 9.55. The number of imidazole rings is 2. The minimum absolute atomic E-state index is 0.118. The summed E-state index contributed by atoms with van der Waals surface area (Å²) in [5, 5.41) is 5.40. The number of carbonyl (C=O) groups excluding carboxylic acids is 4. The normalized spacial score (nSPS) is 24.8. The number of rotatable bonds is 8. The van der Waals surface area contributed by atoms with Gasteiger partial charge in [0.25, 0.3) is 0 Å². The third-order valence-corrected chi connectivity index (χ3v) is 12.9. The lowest BCUT2D eigenvalue weighted by Crippen LogP contribution is -2.66. The third kappa shape index (κ3) is 7.20. The molecule has 7 atom stereocenters. The number of aromatic amines is 2. The van der Waals surface area contributed by atoms with Crippen LogP contribution >= 0.6 is 0 Å². The van der Waals surface area contributed by atoms with Crippen LogP contribution in [0, 0.1) is 35.5 Å². The second-order valence-corrected chi connectivity index (χ2v) is 17.3. The highest BCUT2D eigenvalue weighted by atomic mass is 16.5. The molecule has 4 amide bonds. The van der Waals surface area contributed by atoms with Gasteiger partial charge in [-0.3, -0.25) is 14.5 Å². The van der Waals surface area contributed by atoms with E-state index < -0.39 is 24.3 Å². The van der Waals surface area contributed by atoms with Gasteiger partial charge in [-0.15, -0.1) is 0 Å². The summed E-state index contributed by atoms with van der Waals surface area (Å²) in [6, 6.07) is 2.85. The van der Waals surface area contributed by atoms with Crippen LogP contribution in [0.25, 0.3) is 0 Å². The van der Waals surface area contributed by atoms with Gasteiger partial charge in [0.2, 0.25) is 11.8 Å². The predicted molar refractivity (Wildman–Crippen MR) is 216 cm³/mol. The monoisotopic (exact) mass is 803 g/mol. The number of methoxy groups -OCH3 is 2.